The van der Waals surface area contributed by atoms with Crippen LogP contribution in [0.3, 0.4) is 0 Å². The van der Waals surface area contributed by atoms with Crippen LogP contribution in [0.4, 0.5) is 5.69 Å². The van der Waals surface area contributed by atoms with Crippen LogP contribution in [0.1, 0.15) is 25.0 Å². The molecule has 1 heterocycles. The lowest BCUT2D eigenvalue weighted by Crippen LogP contribution is -2.22. The molecule has 0 bridgehead atoms. The van der Waals surface area contributed by atoms with Gasteiger partial charge in [0.25, 0.3) is 0 Å². The largest absolute Gasteiger partial charge is 0.381 e. The molecule has 4 nitrogen and oxygen atoms in total. The van der Waals surface area contributed by atoms with Gasteiger partial charge in [-0.3, -0.25) is 4.79 Å². The lowest BCUT2D eigenvalue weighted by molar-refractivity contribution is -0.128. The second kappa shape index (κ2) is 6.97. The zero-order valence-electron chi connectivity index (χ0n) is 13.0. The fourth-order valence-electron chi connectivity index (χ4n) is 2.16. The second-order valence-electron chi connectivity index (χ2n) is 5.28. The maximum Gasteiger partial charge on any atom is 0.219 e. The molecule has 0 aliphatic rings. The summed E-state index contributed by atoms with van der Waals surface area (Å²) in [6.45, 7) is 6.15. The van der Waals surface area contributed by atoms with Gasteiger partial charge in [0.15, 0.2) is 0 Å². The van der Waals surface area contributed by atoms with E-state index in [1.165, 1.54) is 5.56 Å². The van der Waals surface area contributed by atoms with Crippen molar-refractivity contribution in [1.29, 1.82) is 0 Å². The highest BCUT2D eigenvalue weighted by Crippen LogP contribution is 2.14. The normalized spacial score (nSPS) is 10.4. The van der Waals surface area contributed by atoms with Crippen molar-refractivity contribution in [3.63, 3.8) is 0 Å². The average molecular weight is 285 g/mol. The number of hydrogen-bond donors (Lipinski definition) is 1. The Hall–Kier alpha value is -2.23. The number of nitrogens with zero attached hydrogens (tertiary/aromatic N) is 2. The number of rotatable bonds is 6. The highest BCUT2D eigenvalue weighted by molar-refractivity contribution is 5.72. The van der Waals surface area contributed by atoms with Crippen molar-refractivity contribution in [2.45, 2.75) is 33.5 Å². The minimum Gasteiger partial charge on any atom is -0.381 e. The zero-order chi connectivity index (χ0) is 15.2. The summed E-state index contributed by atoms with van der Waals surface area (Å²) < 4.78 is 2.16. The summed E-state index contributed by atoms with van der Waals surface area (Å²) in [6, 6.07) is 10.3. The number of amides is 1. The Morgan fingerprint density at radius 3 is 2.76 bits per heavy atom. The van der Waals surface area contributed by atoms with Crippen molar-refractivity contribution in [1.82, 2.24) is 9.47 Å². The molecular formula is C17H23N3O. The van der Waals surface area contributed by atoms with Gasteiger partial charge in [0.1, 0.15) is 0 Å². The zero-order valence-corrected chi connectivity index (χ0v) is 13.0. The Balaban J connectivity index is 1.95. The van der Waals surface area contributed by atoms with E-state index in [0.717, 1.165) is 24.3 Å². The minimum atomic E-state index is 0.0780. The average Bonchev–Trinajstić information content (AvgIpc) is 2.93. The van der Waals surface area contributed by atoms with Crippen LogP contribution in [-0.4, -0.2) is 22.4 Å². The van der Waals surface area contributed by atoms with E-state index in [9.17, 15) is 4.79 Å². The number of aryl methyl sites for hydroxylation is 1. The van der Waals surface area contributed by atoms with Crippen LogP contribution >= 0.6 is 0 Å². The third-order valence-corrected chi connectivity index (χ3v) is 3.56. The molecule has 4 heteroatoms. The molecule has 0 saturated heterocycles. The monoisotopic (exact) mass is 285 g/mol. The van der Waals surface area contributed by atoms with Crippen LogP contribution in [-0.2, 0) is 24.4 Å². The van der Waals surface area contributed by atoms with Crippen molar-refractivity contribution in [2.24, 2.45) is 0 Å². The van der Waals surface area contributed by atoms with Crippen molar-refractivity contribution < 1.29 is 4.79 Å². The van der Waals surface area contributed by atoms with Crippen LogP contribution in [0, 0.1) is 0 Å². The molecule has 1 amide bonds. The lowest BCUT2D eigenvalue weighted by atomic mass is 10.2. The van der Waals surface area contributed by atoms with E-state index in [-0.39, 0.29) is 5.91 Å². The van der Waals surface area contributed by atoms with Gasteiger partial charge in [0.05, 0.1) is 0 Å². The summed E-state index contributed by atoms with van der Waals surface area (Å²) in [5, 5.41) is 3.42. The molecule has 2 aromatic rings. The van der Waals surface area contributed by atoms with E-state index in [4.69, 9.17) is 0 Å². The molecular weight excluding hydrogens is 262 g/mol. The predicted octanol–water partition coefficient (Wildman–Crippen LogP) is 3.10. The fraction of sp³-hybridized carbons (Fsp3) is 0.353. The van der Waals surface area contributed by atoms with Crippen molar-refractivity contribution in [3.8, 4) is 0 Å². The summed E-state index contributed by atoms with van der Waals surface area (Å²) in [6.07, 6.45) is 4.25. The van der Waals surface area contributed by atoms with Gasteiger partial charge in [-0.05, 0) is 36.2 Å². The molecule has 0 fully saturated rings. The quantitative estimate of drug-likeness (QED) is 0.885. The van der Waals surface area contributed by atoms with Crippen LogP contribution < -0.4 is 5.32 Å². The van der Waals surface area contributed by atoms with Crippen molar-refractivity contribution in [2.75, 3.05) is 12.4 Å². The fourth-order valence-corrected chi connectivity index (χ4v) is 2.16. The van der Waals surface area contributed by atoms with Gasteiger partial charge in [-0.25, -0.2) is 0 Å². The van der Waals surface area contributed by atoms with Gasteiger partial charge in [-0.1, -0.05) is 12.1 Å². The summed E-state index contributed by atoms with van der Waals surface area (Å²) >= 11 is 0. The maximum absolute atomic E-state index is 11.3. The van der Waals surface area contributed by atoms with E-state index in [1.54, 1.807) is 11.8 Å². The number of carbonyl (C=O) groups is 1. The third kappa shape index (κ3) is 4.38. The topological polar surface area (TPSA) is 37.3 Å². The highest BCUT2D eigenvalue weighted by Gasteiger charge is 2.04. The number of aromatic nitrogens is 1. The molecule has 0 aliphatic heterocycles. The number of benzene rings is 1. The van der Waals surface area contributed by atoms with E-state index in [0.29, 0.717) is 6.54 Å². The van der Waals surface area contributed by atoms with Crippen molar-refractivity contribution >= 4 is 11.6 Å². The Morgan fingerprint density at radius 1 is 1.29 bits per heavy atom. The van der Waals surface area contributed by atoms with Gasteiger partial charge in [0.2, 0.25) is 5.91 Å². The van der Waals surface area contributed by atoms with Gasteiger partial charge in [-0.15, -0.1) is 0 Å². The third-order valence-electron chi connectivity index (χ3n) is 3.56. The molecule has 0 saturated carbocycles. The maximum atomic E-state index is 11.3. The number of hydrogen-bond acceptors (Lipinski definition) is 2. The Labute approximate surface area is 126 Å². The Morgan fingerprint density at radius 2 is 2.10 bits per heavy atom. The lowest BCUT2D eigenvalue weighted by Gasteiger charge is -2.15. The molecule has 0 spiro atoms. The van der Waals surface area contributed by atoms with Crippen LogP contribution in [0.15, 0.2) is 42.7 Å². The van der Waals surface area contributed by atoms with E-state index in [1.807, 2.05) is 25.2 Å². The predicted molar refractivity (Wildman–Crippen MR) is 86.0 cm³/mol. The highest BCUT2D eigenvalue weighted by atomic mass is 16.2. The SMILES string of the molecule is CCn1ccc(CNc2cccc(CN(C)C(C)=O)c2)c1. The molecule has 0 unspecified atom stereocenters. The van der Waals surface area contributed by atoms with Gasteiger partial charge < -0.3 is 14.8 Å². The number of carbonyl (C=O) groups excluding carboxylic acids is 1. The molecule has 112 valence electrons. The van der Waals surface area contributed by atoms with Gasteiger partial charge >= 0.3 is 0 Å². The molecule has 1 aromatic heterocycles. The van der Waals surface area contributed by atoms with Crippen LogP contribution in [0.25, 0.3) is 0 Å². The molecule has 1 N–H and O–H groups in total. The van der Waals surface area contributed by atoms with E-state index in [2.05, 4.69) is 41.3 Å². The van der Waals surface area contributed by atoms with E-state index >= 15 is 0 Å². The molecule has 21 heavy (non-hydrogen) atoms. The number of anilines is 1. The molecule has 2 rings (SSSR count). The smallest absolute Gasteiger partial charge is 0.219 e. The Bertz CT molecular complexity index is 604. The Kier molecular flexibility index (Phi) is 5.04. The summed E-state index contributed by atoms with van der Waals surface area (Å²) in [5.41, 5.74) is 3.47. The summed E-state index contributed by atoms with van der Waals surface area (Å²) in [5.74, 6) is 0.0780. The van der Waals surface area contributed by atoms with E-state index < -0.39 is 0 Å². The first-order valence-corrected chi connectivity index (χ1v) is 7.27. The molecule has 0 radical (unpaired) electrons. The first kappa shape index (κ1) is 15.2. The van der Waals surface area contributed by atoms with Crippen LogP contribution in [0.2, 0.25) is 0 Å². The van der Waals surface area contributed by atoms with Gasteiger partial charge in [-0.2, -0.15) is 0 Å². The molecule has 0 aliphatic carbocycles. The summed E-state index contributed by atoms with van der Waals surface area (Å²) in [7, 11) is 1.82. The first-order chi connectivity index (χ1) is 10.1. The summed E-state index contributed by atoms with van der Waals surface area (Å²) in [4.78, 5) is 13.0. The molecule has 1 aromatic carbocycles. The van der Waals surface area contributed by atoms with Crippen LogP contribution in [0.5, 0.6) is 0 Å². The second-order valence-corrected chi connectivity index (χ2v) is 5.28. The standard InChI is InChI=1S/C17H23N3O/c1-4-20-9-8-16(13-20)11-18-17-7-5-6-15(10-17)12-19(3)14(2)21/h5-10,13,18H,4,11-12H2,1-3H3. The molecule has 0 atom stereocenters. The first-order valence-electron chi connectivity index (χ1n) is 7.27. The minimum absolute atomic E-state index is 0.0780. The van der Waals surface area contributed by atoms with Crippen molar-refractivity contribution in [3.05, 3.63) is 53.9 Å². The number of nitrogens with one attached hydrogen (secondary N) is 1. The van der Waals surface area contributed by atoms with Gasteiger partial charge in [0, 0.05) is 51.7 Å².